The number of amides is 1. The maximum absolute atomic E-state index is 11.5. The maximum Gasteiger partial charge on any atom is 0.407 e. The van der Waals surface area contributed by atoms with Crippen LogP contribution in [-0.2, 0) is 11.3 Å². The predicted molar refractivity (Wildman–Crippen MR) is 89.5 cm³/mol. The first-order valence-corrected chi connectivity index (χ1v) is 7.54. The zero-order valence-electron chi connectivity index (χ0n) is 11.8. The molecule has 4 nitrogen and oxygen atoms in total. The zero-order valence-corrected chi connectivity index (χ0v) is 13.4. The molecule has 0 unspecified atom stereocenters. The number of aromatic hydroxyl groups is 1. The Labute approximate surface area is 137 Å². The highest BCUT2D eigenvalue weighted by atomic mass is 79.9. The van der Waals surface area contributed by atoms with Crippen LogP contribution in [0.4, 0.5) is 4.79 Å². The van der Waals surface area contributed by atoms with Gasteiger partial charge in [-0.05, 0) is 17.7 Å². The minimum Gasteiger partial charge on any atom is -0.507 e. The van der Waals surface area contributed by atoms with Gasteiger partial charge in [0.1, 0.15) is 12.4 Å². The summed E-state index contributed by atoms with van der Waals surface area (Å²) in [6, 6.07) is 14.7. The van der Waals surface area contributed by atoms with E-state index in [4.69, 9.17) is 4.74 Å². The molecule has 0 atom stereocenters. The fourth-order valence-electron chi connectivity index (χ4n) is 1.76. The third kappa shape index (κ3) is 5.26. The highest BCUT2D eigenvalue weighted by molar-refractivity contribution is 9.10. The number of carbonyl (C=O) groups excluding carboxylic acids is 1. The lowest BCUT2D eigenvalue weighted by atomic mass is 10.2. The molecule has 0 aliphatic heterocycles. The highest BCUT2D eigenvalue weighted by Gasteiger charge is 2.01. The van der Waals surface area contributed by atoms with E-state index in [2.05, 4.69) is 21.2 Å². The lowest BCUT2D eigenvalue weighted by Crippen LogP contribution is -2.24. The number of phenols is 1. The first-order chi connectivity index (χ1) is 10.6. The van der Waals surface area contributed by atoms with Crippen LogP contribution in [0.15, 0.2) is 59.1 Å². The van der Waals surface area contributed by atoms with Gasteiger partial charge in [-0.2, -0.15) is 0 Å². The molecule has 0 bridgehead atoms. The Balaban J connectivity index is 1.73. The molecule has 0 aromatic heterocycles. The van der Waals surface area contributed by atoms with Crippen LogP contribution in [0.25, 0.3) is 6.08 Å². The summed E-state index contributed by atoms with van der Waals surface area (Å²) in [6.07, 6.45) is 3.00. The van der Waals surface area contributed by atoms with E-state index in [-0.39, 0.29) is 12.4 Å². The molecule has 0 spiro atoms. The quantitative estimate of drug-likeness (QED) is 0.842. The van der Waals surface area contributed by atoms with Gasteiger partial charge in [-0.15, -0.1) is 0 Å². The Morgan fingerprint density at radius 3 is 2.73 bits per heavy atom. The van der Waals surface area contributed by atoms with E-state index in [1.165, 1.54) is 0 Å². The normalized spacial score (nSPS) is 10.6. The minimum absolute atomic E-state index is 0.178. The summed E-state index contributed by atoms with van der Waals surface area (Å²) in [5.74, 6) is 0.178. The fourth-order valence-corrected chi connectivity index (χ4v) is 2.11. The van der Waals surface area contributed by atoms with Crippen molar-refractivity contribution in [2.75, 3.05) is 6.54 Å². The molecule has 2 aromatic rings. The molecule has 22 heavy (non-hydrogen) atoms. The lowest BCUT2D eigenvalue weighted by Gasteiger charge is -2.05. The van der Waals surface area contributed by atoms with Gasteiger partial charge in [-0.1, -0.05) is 64.5 Å². The summed E-state index contributed by atoms with van der Waals surface area (Å²) >= 11 is 3.28. The number of phenolic OH excluding ortho intramolecular Hbond substituents is 1. The van der Waals surface area contributed by atoms with Crippen molar-refractivity contribution in [2.45, 2.75) is 6.61 Å². The van der Waals surface area contributed by atoms with Gasteiger partial charge in [-0.25, -0.2) is 4.79 Å². The van der Waals surface area contributed by atoms with E-state index in [9.17, 15) is 9.90 Å². The van der Waals surface area contributed by atoms with E-state index in [1.807, 2.05) is 36.4 Å². The molecule has 1 amide bonds. The molecular weight excluding hydrogens is 346 g/mol. The van der Waals surface area contributed by atoms with Crippen LogP contribution in [0.2, 0.25) is 0 Å². The van der Waals surface area contributed by atoms with Crippen LogP contribution in [-0.4, -0.2) is 17.7 Å². The zero-order chi connectivity index (χ0) is 15.8. The molecule has 2 N–H and O–H groups in total. The van der Waals surface area contributed by atoms with Crippen LogP contribution in [0.5, 0.6) is 5.75 Å². The van der Waals surface area contributed by atoms with Gasteiger partial charge in [0.15, 0.2) is 0 Å². The molecule has 0 aliphatic rings. The Bertz CT molecular complexity index is 656. The van der Waals surface area contributed by atoms with E-state index in [1.54, 1.807) is 24.3 Å². The average molecular weight is 362 g/mol. The van der Waals surface area contributed by atoms with Crippen molar-refractivity contribution in [3.05, 3.63) is 70.2 Å². The van der Waals surface area contributed by atoms with Crippen molar-refractivity contribution in [2.24, 2.45) is 0 Å². The average Bonchev–Trinajstić information content (AvgIpc) is 2.52. The fraction of sp³-hybridized carbons (Fsp3) is 0.118. The summed E-state index contributed by atoms with van der Waals surface area (Å²) < 4.78 is 5.89. The number of rotatable bonds is 5. The van der Waals surface area contributed by atoms with Crippen molar-refractivity contribution < 1.29 is 14.6 Å². The van der Waals surface area contributed by atoms with Crippen molar-refractivity contribution in [1.82, 2.24) is 5.32 Å². The Morgan fingerprint density at radius 1 is 1.23 bits per heavy atom. The topological polar surface area (TPSA) is 58.6 Å². The summed E-state index contributed by atoms with van der Waals surface area (Å²) in [5.41, 5.74) is 1.62. The smallest absolute Gasteiger partial charge is 0.407 e. The van der Waals surface area contributed by atoms with E-state index in [0.717, 1.165) is 10.0 Å². The van der Waals surface area contributed by atoms with Crippen LogP contribution in [0.3, 0.4) is 0 Å². The molecule has 0 aliphatic carbocycles. The number of alkyl carbamates (subject to hydrolysis) is 1. The molecule has 0 heterocycles. The number of halogens is 1. The van der Waals surface area contributed by atoms with Gasteiger partial charge in [0.05, 0.1) is 0 Å². The number of ether oxygens (including phenoxy) is 1. The first-order valence-electron chi connectivity index (χ1n) is 6.75. The molecule has 0 radical (unpaired) electrons. The molecule has 0 saturated heterocycles. The molecule has 0 saturated carbocycles. The molecule has 5 heteroatoms. The largest absolute Gasteiger partial charge is 0.507 e. The Kier molecular flexibility index (Phi) is 6.03. The van der Waals surface area contributed by atoms with Gasteiger partial charge in [-0.3, -0.25) is 0 Å². The van der Waals surface area contributed by atoms with Gasteiger partial charge in [0.2, 0.25) is 0 Å². The Hall–Kier alpha value is -2.27. The van der Waals surface area contributed by atoms with Crippen molar-refractivity contribution in [1.29, 1.82) is 0 Å². The van der Waals surface area contributed by atoms with Gasteiger partial charge in [0, 0.05) is 16.6 Å². The van der Waals surface area contributed by atoms with E-state index < -0.39 is 6.09 Å². The van der Waals surface area contributed by atoms with Gasteiger partial charge >= 0.3 is 6.09 Å². The second-order valence-corrected chi connectivity index (χ2v) is 5.46. The summed E-state index contributed by atoms with van der Waals surface area (Å²) in [4.78, 5) is 11.5. The first kappa shape index (κ1) is 16.1. The molecule has 0 fully saturated rings. The number of nitrogens with one attached hydrogen (secondary N) is 1. The number of hydrogen-bond acceptors (Lipinski definition) is 3. The third-order valence-electron chi connectivity index (χ3n) is 2.87. The number of carbonyl (C=O) groups is 1. The summed E-state index contributed by atoms with van der Waals surface area (Å²) in [5, 5.41) is 12.3. The van der Waals surface area contributed by atoms with Crippen molar-refractivity contribution in [3.63, 3.8) is 0 Å². The monoisotopic (exact) mass is 361 g/mol. The molecule has 2 aromatic carbocycles. The maximum atomic E-state index is 11.5. The van der Waals surface area contributed by atoms with Crippen molar-refractivity contribution >= 4 is 28.1 Å². The summed E-state index contributed by atoms with van der Waals surface area (Å²) in [6.45, 7) is 0.563. The van der Waals surface area contributed by atoms with Crippen LogP contribution in [0, 0.1) is 0 Å². The summed E-state index contributed by atoms with van der Waals surface area (Å²) in [7, 11) is 0. The molecule has 114 valence electrons. The standard InChI is InChI=1S/C17H16BrNO3/c18-15-9-8-14(16(20)11-15)7-4-10-19-17(21)22-12-13-5-2-1-3-6-13/h1-9,11,20H,10,12H2,(H,19,21). The van der Waals surface area contributed by atoms with Crippen LogP contribution >= 0.6 is 15.9 Å². The SMILES string of the molecule is O=C(NCC=Cc1ccc(Br)cc1O)OCc1ccccc1. The third-order valence-corrected chi connectivity index (χ3v) is 3.36. The van der Waals surface area contributed by atoms with Crippen LogP contribution in [0.1, 0.15) is 11.1 Å². The van der Waals surface area contributed by atoms with Crippen LogP contribution < -0.4 is 5.32 Å². The molecular formula is C17H16BrNO3. The van der Waals surface area contributed by atoms with Gasteiger partial charge < -0.3 is 15.2 Å². The minimum atomic E-state index is -0.478. The van der Waals surface area contributed by atoms with E-state index in [0.29, 0.717) is 12.1 Å². The van der Waals surface area contributed by atoms with E-state index >= 15 is 0 Å². The number of benzene rings is 2. The highest BCUT2D eigenvalue weighted by Crippen LogP contribution is 2.23. The second-order valence-electron chi connectivity index (χ2n) is 4.55. The molecule has 2 rings (SSSR count). The predicted octanol–water partition coefficient (Wildman–Crippen LogP) is 4.09. The lowest BCUT2D eigenvalue weighted by molar-refractivity contribution is 0.141. The Morgan fingerprint density at radius 2 is 2.00 bits per heavy atom. The second kappa shape index (κ2) is 8.24. The van der Waals surface area contributed by atoms with Gasteiger partial charge in [0.25, 0.3) is 0 Å². The number of hydrogen-bond donors (Lipinski definition) is 2. The van der Waals surface area contributed by atoms with Crippen molar-refractivity contribution in [3.8, 4) is 5.75 Å².